The third-order valence-electron chi connectivity index (χ3n) is 1.59. The van der Waals surface area contributed by atoms with Gasteiger partial charge in [-0.1, -0.05) is 6.92 Å². The lowest BCUT2D eigenvalue weighted by molar-refractivity contribution is 0.558. The molecule has 2 heteroatoms. The van der Waals surface area contributed by atoms with Crippen molar-refractivity contribution in [3.8, 4) is 12.3 Å². The van der Waals surface area contributed by atoms with Gasteiger partial charge in [-0.15, -0.1) is 12.3 Å². The van der Waals surface area contributed by atoms with Crippen LogP contribution in [0.2, 0.25) is 0 Å². The average molecular weight is 185 g/mol. The molecule has 12 heavy (non-hydrogen) atoms. The van der Waals surface area contributed by atoms with Crippen molar-refractivity contribution in [3.63, 3.8) is 0 Å². The molecule has 1 nitrogen and oxygen atoms in total. The minimum Gasteiger partial charge on any atom is -0.313 e. The van der Waals surface area contributed by atoms with E-state index in [9.17, 15) is 0 Å². The summed E-state index contributed by atoms with van der Waals surface area (Å²) in [4.78, 5) is 0. The number of nitrogens with one attached hydrogen (secondary N) is 1. The van der Waals surface area contributed by atoms with E-state index in [4.69, 9.17) is 6.42 Å². The number of rotatable bonds is 7. The van der Waals surface area contributed by atoms with Crippen LogP contribution < -0.4 is 5.32 Å². The van der Waals surface area contributed by atoms with Crippen LogP contribution in [0.15, 0.2) is 0 Å². The van der Waals surface area contributed by atoms with E-state index in [1.807, 2.05) is 11.8 Å². The molecule has 0 rings (SSSR count). The zero-order chi connectivity index (χ0) is 9.23. The summed E-state index contributed by atoms with van der Waals surface area (Å²) >= 11 is 1.99. The lowest BCUT2D eigenvalue weighted by Crippen LogP contribution is -2.26. The summed E-state index contributed by atoms with van der Waals surface area (Å²) < 4.78 is 0. The Labute approximate surface area is 80.7 Å². The minimum absolute atomic E-state index is 0.474. The highest BCUT2D eigenvalue weighted by Crippen LogP contribution is 1.99. The molecule has 0 amide bonds. The van der Waals surface area contributed by atoms with Crippen LogP contribution in [0.25, 0.3) is 0 Å². The standard InChI is InChI=1S/C10H19NS/c1-4-7-10(3)11-8-6-9-12-5-2/h1,10-11H,5-9H2,2-3H3. The lowest BCUT2D eigenvalue weighted by atomic mass is 10.2. The Morgan fingerprint density at radius 2 is 2.33 bits per heavy atom. The molecule has 0 aromatic heterocycles. The van der Waals surface area contributed by atoms with Gasteiger partial charge >= 0.3 is 0 Å². The summed E-state index contributed by atoms with van der Waals surface area (Å²) in [7, 11) is 0. The lowest BCUT2D eigenvalue weighted by Gasteiger charge is -2.09. The molecule has 0 spiro atoms. The molecule has 0 saturated carbocycles. The smallest absolute Gasteiger partial charge is 0.0238 e. The van der Waals surface area contributed by atoms with E-state index in [-0.39, 0.29) is 0 Å². The van der Waals surface area contributed by atoms with Gasteiger partial charge in [0.25, 0.3) is 0 Å². The summed E-state index contributed by atoms with van der Waals surface area (Å²) in [5.74, 6) is 5.13. The fraction of sp³-hybridized carbons (Fsp3) is 0.800. The van der Waals surface area contributed by atoms with Crippen LogP contribution in [0.5, 0.6) is 0 Å². The molecule has 0 aliphatic carbocycles. The molecule has 0 aliphatic heterocycles. The Morgan fingerprint density at radius 3 is 2.92 bits per heavy atom. The highest BCUT2D eigenvalue weighted by Gasteiger charge is 1.96. The summed E-state index contributed by atoms with van der Waals surface area (Å²) in [5.41, 5.74) is 0. The SMILES string of the molecule is C#CCC(C)NCCCSCC. The molecule has 0 aliphatic rings. The average Bonchev–Trinajstić information content (AvgIpc) is 2.05. The fourth-order valence-corrected chi connectivity index (χ4v) is 1.55. The molecule has 1 N–H and O–H groups in total. The number of thioether (sulfide) groups is 1. The molecular formula is C10H19NS. The normalized spacial score (nSPS) is 12.4. The molecule has 70 valence electrons. The first kappa shape index (κ1) is 11.9. The van der Waals surface area contributed by atoms with E-state index >= 15 is 0 Å². The molecule has 0 heterocycles. The second-order valence-corrected chi connectivity index (χ2v) is 4.21. The van der Waals surface area contributed by atoms with Gasteiger partial charge in [0.15, 0.2) is 0 Å². The Hall–Kier alpha value is -0.130. The highest BCUT2D eigenvalue weighted by atomic mass is 32.2. The van der Waals surface area contributed by atoms with Gasteiger partial charge in [0.1, 0.15) is 0 Å². The van der Waals surface area contributed by atoms with Crippen LogP contribution in [0.4, 0.5) is 0 Å². The predicted octanol–water partition coefficient (Wildman–Crippen LogP) is 2.13. The molecule has 1 unspecified atom stereocenters. The van der Waals surface area contributed by atoms with Gasteiger partial charge < -0.3 is 5.32 Å². The van der Waals surface area contributed by atoms with E-state index in [0.29, 0.717) is 6.04 Å². The van der Waals surface area contributed by atoms with Gasteiger partial charge in [-0.2, -0.15) is 11.8 Å². The van der Waals surface area contributed by atoms with Crippen molar-refractivity contribution in [2.24, 2.45) is 0 Å². The van der Waals surface area contributed by atoms with Crippen molar-refractivity contribution < 1.29 is 0 Å². The summed E-state index contributed by atoms with van der Waals surface area (Å²) in [6.07, 6.45) is 7.26. The quantitative estimate of drug-likeness (QED) is 0.482. The van der Waals surface area contributed by atoms with Crippen molar-refractivity contribution in [2.45, 2.75) is 32.7 Å². The van der Waals surface area contributed by atoms with Gasteiger partial charge in [-0.25, -0.2) is 0 Å². The van der Waals surface area contributed by atoms with Crippen LogP contribution in [-0.4, -0.2) is 24.1 Å². The van der Waals surface area contributed by atoms with E-state index in [2.05, 4.69) is 25.1 Å². The summed E-state index contributed by atoms with van der Waals surface area (Å²) in [5, 5.41) is 3.39. The maximum absolute atomic E-state index is 5.19. The number of terminal acetylenes is 1. The third kappa shape index (κ3) is 7.97. The van der Waals surface area contributed by atoms with Gasteiger partial charge in [0.2, 0.25) is 0 Å². The maximum Gasteiger partial charge on any atom is 0.0238 e. The zero-order valence-corrected chi connectivity index (χ0v) is 8.91. The van der Waals surface area contributed by atoms with Gasteiger partial charge in [0, 0.05) is 12.5 Å². The zero-order valence-electron chi connectivity index (χ0n) is 8.10. The largest absolute Gasteiger partial charge is 0.313 e. The van der Waals surface area contributed by atoms with Crippen molar-refractivity contribution in [1.29, 1.82) is 0 Å². The molecule has 0 aromatic rings. The molecular weight excluding hydrogens is 166 g/mol. The van der Waals surface area contributed by atoms with E-state index in [1.54, 1.807) is 0 Å². The van der Waals surface area contributed by atoms with Crippen LogP contribution in [0, 0.1) is 12.3 Å². The van der Waals surface area contributed by atoms with Gasteiger partial charge in [0.05, 0.1) is 0 Å². The van der Waals surface area contributed by atoms with Crippen LogP contribution in [0.3, 0.4) is 0 Å². The molecule has 0 saturated heterocycles. The first-order valence-corrected chi connectivity index (χ1v) is 5.71. The van der Waals surface area contributed by atoms with Crippen molar-refractivity contribution in [2.75, 3.05) is 18.1 Å². The Bertz CT molecular complexity index is 128. The van der Waals surface area contributed by atoms with Crippen molar-refractivity contribution >= 4 is 11.8 Å². The molecule has 0 radical (unpaired) electrons. The fourth-order valence-electron chi connectivity index (χ4n) is 0.916. The second kappa shape index (κ2) is 8.96. The van der Waals surface area contributed by atoms with Gasteiger partial charge in [-0.05, 0) is 31.4 Å². The first-order chi connectivity index (χ1) is 5.81. The first-order valence-electron chi connectivity index (χ1n) is 4.55. The Kier molecular flexibility index (Phi) is 8.86. The van der Waals surface area contributed by atoms with Crippen molar-refractivity contribution in [1.82, 2.24) is 5.32 Å². The van der Waals surface area contributed by atoms with Crippen LogP contribution in [-0.2, 0) is 0 Å². The predicted molar refractivity (Wildman–Crippen MR) is 58.5 cm³/mol. The number of hydrogen-bond acceptors (Lipinski definition) is 2. The highest BCUT2D eigenvalue weighted by molar-refractivity contribution is 7.99. The Balaban J connectivity index is 3.04. The van der Waals surface area contributed by atoms with E-state index in [0.717, 1.165) is 13.0 Å². The topological polar surface area (TPSA) is 12.0 Å². The summed E-state index contributed by atoms with van der Waals surface area (Å²) in [6, 6.07) is 0.474. The number of hydrogen-bond donors (Lipinski definition) is 1. The third-order valence-corrected chi connectivity index (χ3v) is 2.57. The molecule has 0 aromatic carbocycles. The monoisotopic (exact) mass is 185 g/mol. The van der Waals surface area contributed by atoms with E-state index in [1.165, 1.54) is 17.9 Å². The molecule has 1 atom stereocenters. The van der Waals surface area contributed by atoms with Crippen molar-refractivity contribution in [3.05, 3.63) is 0 Å². The summed E-state index contributed by atoms with van der Waals surface area (Å²) in [6.45, 7) is 5.42. The van der Waals surface area contributed by atoms with Crippen LogP contribution in [0.1, 0.15) is 26.7 Å². The second-order valence-electron chi connectivity index (χ2n) is 2.81. The minimum atomic E-state index is 0.474. The Morgan fingerprint density at radius 1 is 1.58 bits per heavy atom. The maximum atomic E-state index is 5.19. The molecule has 0 fully saturated rings. The molecule has 0 bridgehead atoms. The van der Waals surface area contributed by atoms with Gasteiger partial charge in [-0.3, -0.25) is 0 Å². The van der Waals surface area contributed by atoms with Crippen LogP contribution >= 0.6 is 11.8 Å². The van der Waals surface area contributed by atoms with E-state index < -0.39 is 0 Å².